The molecule has 0 bridgehead atoms. The van der Waals surface area contributed by atoms with Gasteiger partial charge in [0.15, 0.2) is 0 Å². The van der Waals surface area contributed by atoms with E-state index < -0.39 is 0 Å². The third-order valence-electron chi connectivity index (χ3n) is 0.678. The molecule has 0 aliphatic rings. The summed E-state index contributed by atoms with van der Waals surface area (Å²) in [5.41, 5.74) is 0. The van der Waals surface area contributed by atoms with Crippen molar-refractivity contribution < 1.29 is 0 Å². The van der Waals surface area contributed by atoms with E-state index in [-0.39, 0.29) is 18.9 Å². The first kappa shape index (κ1) is 8.30. The summed E-state index contributed by atoms with van der Waals surface area (Å²) >= 11 is 3.29. The van der Waals surface area contributed by atoms with Crippen LogP contribution in [-0.4, -0.2) is 18.9 Å². The van der Waals surface area contributed by atoms with Crippen LogP contribution in [-0.2, 0) is 0 Å². The number of benzene rings is 1. The van der Waals surface area contributed by atoms with E-state index in [1.807, 2.05) is 24.3 Å². The topological polar surface area (TPSA) is 0 Å². The van der Waals surface area contributed by atoms with Crippen molar-refractivity contribution in [3.63, 3.8) is 0 Å². The molecular formula is C6H5BrLi. The molecule has 1 radical (unpaired) electrons. The molecule has 1 aromatic rings. The Labute approximate surface area is 69.6 Å². The van der Waals surface area contributed by atoms with Crippen molar-refractivity contribution in [2.24, 2.45) is 0 Å². The van der Waals surface area contributed by atoms with Crippen LogP contribution in [0.3, 0.4) is 0 Å². The molecule has 0 fully saturated rings. The van der Waals surface area contributed by atoms with Gasteiger partial charge in [-0.05, 0) is 18.2 Å². The van der Waals surface area contributed by atoms with Gasteiger partial charge in [-0.15, -0.1) is 0 Å². The minimum atomic E-state index is 0. The van der Waals surface area contributed by atoms with Gasteiger partial charge in [-0.3, -0.25) is 0 Å². The van der Waals surface area contributed by atoms with Crippen molar-refractivity contribution in [2.45, 2.75) is 0 Å². The van der Waals surface area contributed by atoms with Crippen molar-refractivity contribution in [3.8, 4) is 0 Å². The van der Waals surface area contributed by atoms with Gasteiger partial charge in [-0.2, -0.15) is 0 Å². The molecule has 0 N–H and O–H groups in total. The molecule has 0 nitrogen and oxygen atoms in total. The van der Waals surface area contributed by atoms with E-state index in [0.717, 1.165) is 4.47 Å². The van der Waals surface area contributed by atoms with Gasteiger partial charge < -0.3 is 0 Å². The van der Waals surface area contributed by atoms with Crippen molar-refractivity contribution in [3.05, 3.63) is 34.8 Å². The van der Waals surface area contributed by atoms with Crippen LogP contribution < -0.4 is 0 Å². The molecule has 0 saturated carbocycles. The Morgan fingerprint density at radius 2 is 1.75 bits per heavy atom. The molecule has 1 rings (SSSR count). The van der Waals surface area contributed by atoms with Crippen molar-refractivity contribution in [2.75, 3.05) is 0 Å². The predicted octanol–water partition coefficient (Wildman–Crippen LogP) is 1.60. The summed E-state index contributed by atoms with van der Waals surface area (Å²) < 4.78 is 1.10. The fourth-order valence-electron chi connectivity index (χ4n) is 0.367. The molecule has 0 heterocycles. The van der Waals surface area contributed by atoms with Gasteiger partial charge in [0.05, 0.1) is 0 Å². The zero-order valence-corrected chi connectivity index (χ0v) is 5.27. The molecule has 0 saturated heterocycles. The zero-order chi connectivity index (χ0) is 5.11. The summed E-state index contributed by atoms with van der Waals surface area (Å²) in [5.74, 6) is 0. The first-order valence-corrected chi connectivity index (χ1v) is 2.80. The van der Waals surface area contributed by atoms with E-state index in [1.54, 1.807) is 0 Å². The quantitative estimate of drug-likeness (QED) is 0.511. The van der Waals surface area contributed by atoms with E-state index >= 15 is 0 Å². The Hall–Kier alpha value is 0.297. The van der Waals surface area contributed by atoms with Crippen LogP contribution in [0.4, 0.5) is 0 Å². The van der Waals surface area contributed by atoms with Gasteiger partial charge >= 0.3 is 18.9 Å². The zero-order valence-electron chi connectivity index (χ0n) is 3.69. The van der Waals surface area contributed by atoms with E-state index in [4.69, 9.17) is 0 Å². The van der Waals surface area contributed by atoms with Crippen molar-refractivity contribution in [1.82, 2.24) is 0 Å². The molecular weight excluding hydrogens is 159 g/mol. The maximum absolute atomic E-state index is 3.29. The molecule has 37 valence electrons. The summed E-state index contributed by atoms with van der Waals surface area (Å²) in [7, 11) is 0. The molecule has 0 amide bonds. The molecule has 0 unspecified atom stereocenters. The fourth-order valence-corrected chi connectivity index (χ4v) is 0.631. The Morgan fingerprint density at radius 1 is 1.25 bits per heavy atom. The average molecular weight is 164 g/mol. The van der Waals surface area contributed by atoms with Gasteiger partial charge in [-0.25, -0.2) is 0 Å². The summed E-state index contributed by atoms with van der Waals surface area (Å²) in [6.07, 6.45) is 0. The summed E-state index contributed by atoms with van der Waals surface area (Å²) in [6.45, 7) is 0. The second-order valence-electron chi connectivity index (χ2n) is 1.22. The Bertz CT molecular complexity index is 138. The van der Waals surface area contributed by atoms with Gasteiger partial charge in [0.25, 0.3) is 0 Å². The number of halogens is 1. The molecule has 0 aromatic heterocycles. The maximum atomic E-state index is 3.29. The first-order valence-electron chi connectivity index (χ1n) is 2.01. The minimum absolute atomic E-state index is 0. The van der Waals surface area contributed by atoms with Crippen LogP contribution in [0.2, 0.25) is 0 Å². The molecule has 2 heteroatoms. The van der Waals surface area contributed by atoms with E-state index in [1.165, 1.54) is 0 Å². The Kier molecular flexibility index (Phi) is 4.36. The van der Waals surface area contributed by atoms with E-state index in [0.29, 0.717) is 0 Å². The monoisotopic (exact) mass is 163 g/mol. The summed E-state index contributed by atoms with van der Waals surface area (Å²) in [5, 5.41) is 0. The van der Waals surface area contributed by atoms with Crippen molar-refractivity contribution >= 4 is 34.8 Å². The van der Waals surface area contributed by atoms with Crippen LogP contribution in [0.15, 0.2) is 28.7 Å². The molecule has 0 spiro atoms. The second kappa shape index (κ2) is 4.20. The van der Waals surface area contributed by atoms with Gasteiger partial charge in [0.1, 0.15) is 0 Å². The molecule has 0 aliphatic carbocycles. The number of hydrogen-bond acceptors (Lipinski definition) is 0. The van der Waals surface area contributed by atoms with E-state index in [2.05, 4.69) is 22.0 Å². The van der Waals surface area contributed by atoms with Crippen LogP contribution in [0.5, 0.6) is 0 Å². The van der Waals surface area contributed by atoms with Crippen LogP contribution in [0.25, 0.3) is 0 Å². The number of hydrogen-bond donors (Lipinski definition) is 0. The molecule has 0 aliphatic heterocycles. The van der Waals surface area contributed by atoms with Gasteiger partial charge in [-0.1, -0.05) is 28.1 Å². The normalized spacial score (nSPS) is 7.62. The number of rotatable bonds is 0. The molecule has 0 atom stereocenters. The SMILES string of the molecule is Brc1cc[c]cc1.[LiH]. The fraction of sp³-hybridized carbons (Fsp3) is 0. The Morgan fingerprint density at radius 3 is 2.00 bits per heavy atom. The van der Waals surface area contributed by atoms with Crippen LogP contribution in [0, 0.1) is 6.07 Å². The van der Waals surface area contributed by atoms with Gasteiger partial charge in [0.2, 0.25) is 0 Å². The summed E-state index contributed by atoms with van der Waals surface area (Å²) in [6, 6.07) is 10.5. The van der Waals surface area contributed by atoms with Crippen molar-refractivity contribution in [1.29, 1.82) is 0 Å². The Balaban J connectivity index is 0.000000490. The third-order valence-corrected chi connectivity index (χ3v) is 1.21. The first-order chi connectivity index (χ1) is 3.39. The van der Waals surface area contributed by atoms with E-state index in [9.17, 15) is 0 Å². The standard InChI is InChI=1S/C6H4Br.Li.H/c7-6-4-2-1-3-5-6;;/h2-5H;;. The van der Waals surface area contributed by atoms with Gasteiger partial charge in [0, 0.05) is 4.47 Å². The van der Waals surface area contributed by atoms with Crippen LogP contribution >= 0.6 is 15.9 Å². The molecule has 8 heavy (non-hydrogen) atoms. The predicted molar refractivity (Wildman–Crippen MR) is 40.1 cm³/mol. The molecule has 1 aromatic carbocycles. The van der Waals surface area contributed by atoms with Crippen LogP contribution in [0.1, 0.15) is 0 Å². The second-order valence-corrected chi connectivity index (χ2v) is 2.13. The average Bonchev–Trinajstić information content (AvgIpc) is 1.69. The third kappa shape index (κ3) is 2.57. The summed E-state index contributed by atoms with van der Waals surface area (Å²) in [4.78, 5) is 0.